The van der Waals surface area contributed by atoms with Gasteiger partial charge >= 0.3 is 0 Å². The molecule has 1 aliphatic heterocycles. The van der Waals surface area contributed by atoms with Gasteiger partial charge in [-0.3, -0.25) is 14.5 Å². The van der Waals surface area contributed by atoms with Crippen LogP contribution in [0.4, 0.5) is 0 Å². The molecule has 0 bridgehead atoms. The van der Waals surface area contributed by atoms with Crippen molar-refractivity contribution in [3.8, 4) is 11.1 Å². The largest absolute Gasteiger partial charge is 0.274 e. The third-order valence-electron chi connectivity index (χ3n) is 4.51. The average molecular weight is 315 g/mol. The lowest BCUT2D eigenvalue weighted by atomic mass is 9.88. The van der Waals surface area contributed by atoms with E-state index in [0.29, 0.717) is 17.7 Å². The molecule has 0 aromatic heterocycles. The molecular formula is C21H17NO2. The number of carbonyl (C=O) groups excluding carboxylic acids is 2. The Kier molecular flexibility index (Phi) is 3.42. The summed E-state index contributed by atoms with van der Waals surface area (Å²) in [6.45, 7) is 2.41. The Morgan fingerprint density at radius 3 is 2.33 bits per heavy atom. The lowest BCUT2D eigenvalue weighted by Crippen LogP contribution is -2.41. The molecule has 1 heterocycles. The van der Waals surface area contributed by atoms with Crippen molar-refractivity contribution in [2.24, 2.45) is 0 Å². The summed E-state index contributed by atoms with van der Waals surface area (Å²) in [5.74, 6) is -0.379. The summed E-state index contributed by atoms with van der Waals surface area (Å²) in [6, 6.07) is 19.5. The normalized spacial score (nSPS) is 13.6. The van der Waals surface area contributed by atoms with Crippen molar-refractivity contribution in [2.45, 2.75) is 13.3 Å². The number of carbonyl (C=O) groups is 2. The minimum absolute atomic E-state index is 0.190. The van der Waals surface area contributed by atoms with Crippen LogP contribution in [0.1, 0.15) is 34.1 Å². The van der Waals surface area contributed by atoms with Crippen molar-refractivity contribution in [2.75, 3.05) is 6.54 Å². The number of hydrogen-bond donors (Lipinski definition) is 0. The Bertz CT molecular complexity index is 960. The van der Waals surface area contributed by atoms with Crippen LogP contribution in [-0.4, -0.2) is 23.3 Å². The SMILES string of the molecule is CCCN1C(=O)c2cccc3ccc(-c4ccccc4)c(c23)C1=O. The van der Waals surface area contributed by atoms with Gasteiger partial charge in [0.15, 0.2) is 0 Å². The molecule has 3 aromatic rings. The van der Waals surface area contributed by atoms with Crippen LogP contribution in [0.2, 0.25) is 0 Å². The maximum Gasteiger partial charge on any atom is 0.262 e. The second-order valence-electron chi connectivity index (χ2n) is 6.02. The summed E-state index contributed by atoms with van der Waals surface area (Å²) in [5, 5.41) is 1.71. The standard InChI is InChI=1S/C21H17NO2/c1-2-13-22-20(23)17-10-6-9-15-11-12-16(14-7-4-3-5-8-14)19(18(15)17)21(22)24/h3-12H,2,13H2,1H3. The predicted octanol–water partition coefficient (Wildman–Crippen LogP) is 4.51. The van der Waals surface area contributed by atoms with Gasteiger partial charge in [0.1, 0.15) is 0 Å². The molecule has 3 nitrogen and oxygen atoms in total. The van der Waals surface area contributed by atoms with E-state index < -0.39 is 0 Å². The first-order chi connectivity index (χ1) is 11.7. The van der Waals surface area contributed by atoms with Crippen LogP contribution in [-0.2, 0) is 0 Å². The van der Waals surface area contributed by atoms with E-state index in [1.54, 1.807) is 0 Å². The molecule has 2 amide bonds. The highest BCUT2D eigenvalue weighted by Crippen LogP contribution is 2.36. The maximum atomic E-state index is 13.1. The molecule has 3 heteroatoms. The van der Waals surface area contributed by atoms with Gasteiger partial charge in [-0.2, -0.15) is 0 Å². The Labute approximate surface area is 140 Å². The zero-order valence-corrected chi connectivity index (χ0v) is 13.5. The molecule has 0 N–H and O–H groups in total. The van der Waals surface area contributed by atoms with Crippen LogP contribution >= 0.6 is 0 Å². The zero-order valence-electron chi connectivity index (χ0n) is 13.5. The van der Waals surface area contributed by atoms with Crippen LogP contribution in [0.15, 0.2) is 60.7 Å². The number of nitrogens with zero attached hydrogens (tertiary/aromatic N) is 1. The number of amides is 2. The van der Waals surface area contributed by atoms with Crippen molar-refractivity contribution < 1.29 is 9.59 Å². The molecule has 0 saturated carbocycles. The highest BCUT2D eigenvalue weighted by molar-refractivity contribution is 6.27. The van der Waals surface area contributed by atoms with Crippen LogP contribution in [0, 0.1) is 0 Å². The molecule has 0 atom stereocenters. The van der Waals surface area contributed by atoms with Crippen molar-refractivity contribution in [3.05, 3.63) is 71.8 Å². The number of hydrogen-bond acceptors (Lipinski definition) is 2. The van der Waals surface area contributed by atoms with Gasteiger partial charge in [-0.1, -0.05) is 61.5 Å². The van der Waals surface area contributed by atoms with E-state index in [1.165, 1.54) is 4.90 Å². The summed E-state index contributed by atoms with van der Waals surface area (Å²) in [7, 11) is 0. The minimum Gasteiger partial charge on any atom is -0.274 e. The highest BCUT2D eigenvalue weighted by Gasteiger charge is 2.34. The number of benzene rings is 3. The van der Waals surface area contributed by atoms with Gasteiger partial charge in [-0.05, 0) is 29.0 Å². The molecule has 0 radical (unpaired) electrons. The van der Waals surface area contributed by atoms with Gasteiger partial charge in [-0.15, -0.1) is 0 Å². The van der Waals surface area contributed by atoms with Crippen LogP contribution in [0.3, 0.4) is 0 Å². The topological polar surface area (TPSA) is 37.4 Å². The predicted molar refractivity (Wildman–Crippen MR) is 95.0 cm³/mol. The fourth-order valence-electron chi connectivity index (χ4n) is 3.44. The fourth-order valence-corrected chi connectivity index (χ4v) is 3.44. The van der Waals surface area contributed by atoms with Crippen LogP contribution < -0.4 is 0 Å². The minimum atomic E-state index is -0.190. The average Bonchev–Trinajstić information content (AvgIpc) is 2.63. The second-order valence-corrected chi connectivity index (χ2v) is 6.02. The van der Waals surface area contributed by atoms with E-state index in [2.05, 4.69) is 0 Å². The van der Waals surface area contributed by atoms with Gasteiger partial charge in [0.05, 0.1) is 5.56 Å². The molecule has 4 rings (SSSR count). The molecule has 0 spiro atoms. The Hall–Kier alpha value is -2.94. The van der Waals surface area contributed by atoms with Crippen molar-refractivity contribution in [3.63, 3.8) is 0 Å². The first kappa shape index (κ1) is 14.6. The summed E-state index contributed by atoms with van der Waals surface area (Å²) in [5.41, 5.74) is 3.13. The Morgan fingerprint density at radius 2 is 1.58 bits per heavy atom. The zero-order chi connectivity index (χ0) is 16.7. The first-order valence-corrected chi connectivity index (χ1v) is 8.19. The Morgan fingerprint density at radius 1 is 0.792 bits per heavy atom. The van der Waals surface area contributed by atoms with E-state index >= 15 is 0 Å². The number of rotatable bonds is 3. The molecule has 0 saturated heterocycles. The molecule has 0 aliphatic carbocycles. The van der Waals surface area contributed by atoms with Crippen molar-refractivity contribution >= 4 is 22.6 Å². The lowest BCUT2D eigenvalue weighted by Gasteiger charge is -2.28. The highest BCUT2D eigenvalue weighted by atomic mass is 16.2. The summed E-state index contributed by atoms with van der Waals surface area (Å²) < 4.78 is 0. The monoisotopic (exact) mass is 315 g/mol. The van der Waals surface area contributed by atoms with E-state index in [-0.39, 0.29) is 11.8 Å². The van der Waals surface area contributed by atoms with E-state index in [9.17, 15) is 9.59 Å². The summed E-state index contributed by atoms with van der Waals surface area (Å²) >= 11 is 0. The molecule has 118 valence electrons. The molecule has 0 unspecified atom stereocenters. The third kappa shape index (κ3) is 2.05. The van der Waals surface area contributed by atoms with Crippen molar-refractivity contribution in [1.29, 1.82) is 0 Å². The molecule has 1 aliphatic rings. The fraction of sp³-hybridized carbons (Fsp3) is 0.143. The van der Waals surface area contributed by atoms with Gasteiger partial charge in [0, 0.05) is 17.5 Å². The maximum absolute atomic E-state index is 13.1. The lowest BCUT2D eigenvalue weighted by molar-refractivity contribution is 0.0611. The van der Waals surface area contributed by atoms with Gasteiger partial charge < -0.3 is 0 Å². The third-order valence-corrected chi connectivity index (χ3v) is 4.51. The molecule has 3 aromatic carbocycles. The Balaban J connectivity index is 2.07. The van der Waals surface area contributed by atoms with Gasteiger partial charge in [0.2, 0.25) is 0 Å². The van der Waals surface area contributed by atoms with Crippen LogP contribution in [0.25, 0.3) is 21.9 Å². The molecule has 0 fully saturated rings. The van der Waals surface area contributed by atoms with Crippen molar-refractivity contribution in [1.82, 2.24) is 4.90 Å². The number of imide groups is 1. The van der Waals surface area contributed by atoms with E-state index in [4.69, 9.17) is 0 Å². The van der Waals surface area contributed by atoms with E-state index in [1.807, 2.05) is 67.6 Å². The van der Waals surface area contributed by atoms with Gasteiger partial charge in [0.25, 0.3) is 11.8 Å². The quantitative estimate of drug-likeness (QED) is 0.667. The second kappa shape index (κ2) is 5.60. The van der Waals surface area contributed by atoms with Crippen LogP contribution in [0.5, 0.6) is 0 Å². The molecular weight excluding hydrogens is 298 g/mol. The smallest absolute Gasteiger partial charge is 0.262 e. The summed E-state index contributed by atoms with van der Waals surface area (Å²) in [6.07, 6.45) is 0.746. The first-order valence-electron chi connectivity index (χ1n) is 8.19. The van der Waals surface area contributed by atoms with E-state index in [0.717, 1.165) is 28.3 Å². The molecule has 24 heavy (non-hydrogen) atoms. The van der Waals surface area contributed by atoms with Gasteiger partial charge in [-0.25, -0.2) is 0 Å². The summed E-state index contributed by atoms with van der Waals surface area (Å²) in [4.78, 5) is 27.2.